The molecule has 1 aliphatic heterocycles. The minimum Gasteiger partial charge on any atom is -0.490 e. The predicted octanol–water partition coefficient (Wildman–Crippen LogP) is 3.05. The van der Waals surface area contributed by atoms with Crippen LogP contribution in [0.4, 0.5) is 4.79 Å². The monoisotopic (exact) mass is 412 g/mol. The van der Waals surface area contributed by atoms with Gasteiger partial charge in [0.15, 0.2) is 11.5 Å². The molecule has 1 aromatic rings. The van der Waals surface area contributed by atoms with Crippen molar-refractivity contribution >= 4 is 27.9 Å². The number of hydrogen-bond donors (Lipinski definition) is 2. The minimum absolute atomic E-state index is 0.334. The average Bonchev–Trinajstić information content (AvgIpc) is 2.56. The molecule has 0 bridgehead atoms. The number of carbonyl (C=O) groups is 2. The Morgan fingerprint density at radius 1 is 1.24 bits per heavy atom. The van der Waals surface area contributed by atoms with Crippen molar-refractivity contribution < 1.29 is 23.8 Å². The van der Waals surface area contributed by atoms with Gasteiger partial charge in [-0.05, 0) is 54.4 Å². The van der Waals surface area contributed by atoms with E-state index in [4.69, 9.17) is 14.2 Å². The molecule has 0 aliphatic carbocycles. The SMILES string of the molecule is CCOc1cc(C2NC(=O)NC(C)=C2C(=O)OC)cc(Br)c1OCC. The van der Waals surface area contributed by atoms with Crippen LogP contribution in [0.25, 0.3) is 0 Å². The number of benzene rings is 1. The van der Waals surface area contributed by atoms with Crippen LogP contribution in [0, 0.1) is 0 Å². The van der Waals surface area contributed by atoms with Crippen LogP contribution in [0.15, 0.2) is 27.9 Å². The third kappa shape index (κ3) is 4.07. The lowest BCUT2D eigenvalue weighted by molar-refractivity contribution is -0.136. The number of ether oxygens (including phenoxy) is 3. The number of allylic oxidation sites excluding steroid dienone is 1. The zero-order valence-corrected chi connectivity index (χ0v) is 16.2. The molecule has 0 aromatic heterocycles. The summed E-state index contributed by atoms with van der Waals surface area (Å²) in [5.74, 6) is 0.593. The van der Waals surface area contributed by atoms with E-state index in [1.165, 1.54) is 7.11 Å². The number of urea groups is 1. The lowest BCUT2D eigenvalue weighted by atomic mass is 9.95. The molecule has 8 heteroatoms. The van der Waals surface area contributed by atoms with Crippen molar-refractivity contribution in [3.63, 3.8) is 0 Å². The molecule has 1 heterocycles. The topological polar surface area (TPSA) is 85.9 Å². The molecule has 1 aliphatic rings. The Morgan fingerprint density at radius 3 is 2.52 bits per heavy atom. The number of halogens is 1. The second kappa shape index (κ2) is 8.24. The number of carbonyl (C=O) groups excluding carboxylic acids is 2. The molecular weight excluding hydrogens is 392 g/mol. The highest BCUT2D eigenvalue weighted by atomic mass is 79.9. The number of esters is 1. The standard InChI is InChI=1S/C17H21BrN2O5/c1-5-24-12-8-10(7-11(18)15(12)25-6-2)14-13(16(21)23-4)9(3)19-17(22)20-14/h7-8,14H,5-6H2,1-4H3,(H2,19,20,22). The largest absolute Gasteiger partial charge is 0.490 e. The molecular formula is C17H21BrN2O5. The van der Waals surface area contributed by atoms with Crippen molar-refractivity contribution in [1.82, 2.24) is 10.6 Å². The molecule has 0 radical (unpaired) electrons. The third-order valence-corrected chi connectivity index (χ3v) is 4.22. The summed E-state index contributed by atoms with van der Waals surface area (Å²) in [6.45, 7) is 6.34. The summed E-state index contributed by atoms with van der Waals surface area (Å²) in [6, 6.07) is 2.50. The molecule has 0 spiro atoms. The molecule has 7 nitrogen and oxygen atoms in total. The van der Waals surface area contributed by atoms with E-state index in [1.807, 2.05) is 13.8 Å². The summed E-state index contributed by atoms with van der Waals surface area (Å²) in [7, 11) is 1.30. The van der Waals surface area contributed by atoms with Gasteiger partial charge in [-0.3, -0.25) is 0 Å². The fraction of sp³-hybridized carbons (Fsp3) is 0.412. The highest BCUT2D eigenvalue weighted by molar-refractivity contribution is 9.10. The molecule has 1 aromatic carbocycles. The maximum atomic E-state index is 12.2. The number of amides is 2. The molecule has 1 unspecified atom stereocenters. The highest BCUT2D eigenvalue weighted by Gasteiger charge is 2.32. The van der Waals surface area contributed by atoms with Crippen LogP contribution in [-0.4, -0.2) is 32.3 Å². The predicted molar refractivity (Wildman–Crippen MR) is 95.6 cm³/mol. The maximum absolute atomic E-state index is 12.2. The van der Waals surface area contributed by atoms with Crippen LogP contribution in [0.5, 0.6) is 11.5 Å². The number of hydrogen-bond acceptors (Lipinski definition) is 5. The van der Waals surface area contributed by atoms with Crippen molar-refractivity contribution in [3.05, 3.63) is 33.4 Å². The Morgan fingerprint density at radius 2 is 1.92 bits per heavy atom. The van der Waals surface area contributed by atoms with Crippen LogP contribution in [0.2, 0.25) is 0 Å². The Balaban J connectivity index is 2.56. The van der Waals surface area contributed by atoms with E-state index in [2.05, 4.69) is 26.6 Å². The van der Waals surface area contributed by atoms with Crippen molar-refractivity contribution in [2.45, 2.75) is 26.8 Å². The van der Waals surface area contributed by atoms with Gasteiger partial charge in [0.1, 0.15) is 0 Å². The zero-order valence-electron chi connectivity index (χ0n) is 14.6. The quantitative estimate of drug-likeness (QED) is 0.701. The molecule has 2 amide bonds. The first-order valence-electron chi connectivity index (χ1n) is 7.88. The fourth-order valence-corrected chi connectivity index (χ4v) is 3.20. The van der Waals surface area contributed by atoms with E-state index < -0.39 is 18.0 Å². The van der Waals surface area contributed by atoms with Crippen LogP contribution in [-0.2, 0) is 9.53 Å². The molecule has 25 heavy (non-hydrogen) atoms. The smallest absolute Gasteiger partial charge is 0.337 e. The Labute approximate surface area is 154 Å². The van der Waals surface area contributed by atoms with E-state index in [1.54, 1.807) is 19.1 Å². The molecule has 0 saturated carbocycles. The van der Waals surface area contributed by atoms with Crippen molar-refractivity contribution in [2.24, 2.45) is 0 Å². The fourth-order valence-electron chi connectivity index (χ4n) is 2.63. The summed E-state index contributed by atoms with van der Waals surface area (Å²) in [5.41, 5.74) is 1.46. The van der Waals surface area contributed by atoms with Gasteiger partial charge in [0.05, 0.1) is 36.4 Å². The van der Waals surface area contributed by atoms with Crippen LogP contribution in [0.1, 0.15) is 32.4 Å². The van der Waals surface area contributed by atoms with Crippen LogP contribution >= 0.6 is 15.9 Å². The Kier molecular flexibility index (Phi) is 6.30. The summed E-state index contributed by atoms with van der Waals surface area (Å²) >= 11 is 3.47. The summed E-state index contributed by atoms with van der Waals surface area (Å²) in [4.78, 5) is 24.1. The normalized spacial score (nSPS) is 16.8. The average molecular weight is 413 g/mol. The summed E-state index contributed by atoms with van der Waals surface area (Å²) in [6.07, 6.45) is 0. The van der Waals surface area contributed by atoms with E-state index in [9.17, 15) is 9.59 Å². The molecule has 2 N–H and O–H groups in total. The highest BCUT2D eigenvalue weighted by Crippen LogP contribution is 2.40. The van der Waals surface area contributed by atoms with Crippen molar-refractivity contribution in [1.29, 1.82) is 0 Å². The summed E-state index contributed by atoms with van der Waals surface area (Å²) < 4.78 is 16.8. The van der Waals surface area contributed by atoms with Gasteiger partial charge in [-0.25, -0.2) is 9.59 Å². The minimum atomic E-state index is -0.660. The van der Waals surface area contributed by atoms with Gasteiger partial charge in [-0.2, -0.15) is 0 Å². The van der Waals surface area contributed by atoms with Gasteiger partial charge in [0.2, 0.25) is 0 Å². The first kappa shape index (κ1) is 19.1. The van der Waals surface area contributed by atoms with Gasteiger partial charge in [0.25, 0.3) is 0 Å². The van der Waals surface area contributed by atoms with E-state index in [-0.39, 0.29) is 0 Å². The van der Waals surface area contributed by atoms with Gasteiger partial charge in [0, 0.05) is 5.70 Å². The zero-order chi connectivity index (χ0) is 18.6. The lowest BCUT2D eigenvalue weighted by Gasteiger charge is -2.28. The van der Waals surface area contributed by atoms with E-state index in [0.717, 1.165) is 0 Å². The first-order chi connectivity index (χ1) is 11.9. The van der Waals surface area contributed by atoms with Gasteiger partial charge in [-0.1, -0.05) is 0 Å². The van der Waals surface area contributed by atoms with E-state index >= 15 is 0 Å². The Hall–Kier alpha value is -2.22. The second-order valence-electron chi connectivity index (χ2n) is 5.26. The van der Waals surface area contributed by atoms with Gasteiger partial charge < -0.3 is 24.8 Å². The van der Waals surface area contributed by atoms with Crippen molar-refractivity contribution in [3.8, 4) is 11.5 Å². The molecule has 0 fully saturated rings. The number of rotatable bonds is 6. The number of methoxy groups -OCH3 is 1. The summed E-state index contributed by atoms with van der Waals surface area (Å²) in [5, 5.41) is 5.34. The van der Waals surface area contributed by atoms with Crippen LogP contribution in [0.3, 0.4) is 0 Å². The Bertz CT molecular complexity index is 717. The van der Waals surface area contributed by atoms with Gasteiger partial charge in [-0.15, -0.1) is 0 Å². The second-order valence-corrected chi connectivity index (χ2v) is 6.11. The number of nitrogens with one attached hydrogen (secondary N) is 2. The maximum Gasteiger partial charge on any atom is 0.337 e. The molecule has 0 saturated heterocycles. The van der Waals surface area contributed by atoms with Crippen LogP contribution < -0.4 is 20.1 Å². The molecule has 1 atom stereocenters. The lowest BCUT2D eigenvalue weighted by Crippen LogP contribution is -2.45. The van der Waals surface area contributed by atoms with E-state index in [0.29, 0.717) is 46.0 Å². The van der Waals surface area contributed by atoms with Gasteiger partial charge >= 0.3 is 12.0 Å². The molecule has 136 valence electrons. The molecule has 2 rings (SSSR count). The third-order valence-electron chi connectivity index (χ3n) is 3.63. The van der Waals surface area contributed by atoms with Crippen molar-refractivity contribution in [2.75, 3.05) is 20.3 Å². The first-order valence-corrected chi connectivity index (χ1v) is 8.67.